The zero-order chi connectivity index (χ0) is 19.8. The first-order chi connectivity index (χ1) is 13.6. The number of unbranched alkanes of at least 4 members (excludes halogenated alkanes) is 1. The van der Waals surface area contributed by atoms with Gasteiger partial charge in [0.1, 0.15) is 5.82 Å². The molecule has 3 N–H and O–H groups in total. The summed E-state index contributed by atoms with van der Waals surface area (Å²) in [7, 11) is 0. The van der Waals surface area contributed by atoms with E-state index in [4.69, 9.17) is 0 Å². The molecule has 3 rings (SSSR count). The number of benzene rings is 2. The Morgan fingerprint density at radius 1 is 0.893 bits per heavy atom. The molecular formula is C22H25N5O. The zero-order valence-corrected chi connectivity index (χ0v) is 16.2. The minimum absolute atomic E-state index is 0.0428. The SMILES string of the molecule is CCCCC(=O)Nc1ccc(Nc2nc(C)cc(Nc3ccccc3)n2)cc1. The summed E-state index contributed by atoms with van der Waals surface area (Å²) in [5.41, 5.74) is 3.46. The van der Waals surface area contributed by atoms with Crippen molar-refractivity contribution in [2.45, 2.75) is 33.1 Å². The number of carbonyl (C=O) groups is 1. The maximum absolute atomic E-state index is 11.8. The number of hydrogen-bond acceptors (Lipinski definition) is 5. The van der Waals surface area contributed by atoms with Crippen LogP contribution in [0, 0.1) is 6.92 Å². The summed E-state index contributed by atoms with van der Waals surface area (Å²) >= 11 is 0. The summed E-state index contributed by atoms with van der Waals surface area (Å²) in [4.78, 5) is 20.8. The molecular weight excluding hydrogens is 350 g/mol. The molecule has 0 aliphatic heterocycles. The van der Waals surface area contributed by atoms with Gasteiger partial charge in [0, 0.05) is 35.2 Å². The number of amides is 1. The van der Waals surface area contributed by atoms with Crippen LogP contribution in [0.15, 0.2) is 60.7 Å². The first kappa shape index (κ1) is 19.4. The van der Waals surface area contributed by atoms with E-state index in [9.17, 15) is 4.79 Å². The number of aromatic nitrogens is 2. The molecule has 0 aliphatic carbocycles. The van der Waals surface area contributed by atoms with Gasteiger partial charge in [0.15, 0.2) is 0 Å². The first-order valence-corrected chi connectivity index (χ1v) is 9.47. The molecule has 0 aliphatic rings. The Morgan fingerprint density at radius 3 is 2.29 bits per heavy atom. The van der Waals surface area contributed by atoms with E-state index in [2.05, 4.69) is 32.8 Å². The van der Waals surface area contributed by atoms with Crippen molar-refractivity contribution in [2.24, 2.45) is 0 Å². The molecule has 6 nitrogen and oxygen atoms in total. The van der Waals surface area contributed by atoms with Gasteiger partial charge in [-0.05, 0) is 49.7 Å². The van der Waals surface area contributed by atoms with Crippen molar-refractivity contribution in [2.75, 3.05) is 16.0 Å². The van der Waals surface area contributed by atoms with Crippen LogP contribution in [0.25, 0.3) is 0 Å². The number of hydrogen-bond donors (Lipinski definition) is 3. The van der Waals surface area contributed by atoms with Crippen molar-refractivity contribution in [1.29, 1.82) is 0 Å². The molecule has 0 atom stereocenters. The smallest absolute Gasteiger partial charge is 0.229 e. The van der Waals surface area contributed by atoms with Crippen molar-refractivity contribution in [3.05, 3.63) is 66.4 Å². The van der Waals surface area contributed by atoms with Crippen LogP contribution < -0.4 is 16.0 Å². The van der Waals surface area contributed by atoms with Crippen LogP contribution in [0.4, 0.5) is 28.8 Å². The first-order valence-electron chi connectivity index (χ1n) is 9.47. The maximum atomic E-state index is 11.8. The van der Waals surface area contributed by atoms with E-state index in [1.54, 1.807) is 0 Å². The molecule has 0 fully saturated rings. The average Bonchev–Trinajstić information content (AvgIpc) is 2.68. The number of nitrogens with zero attached hydrogens (tertiary/aromatic N) is 2. The second-order valence-electron chi connectivity index (χ2n) is 6.56. The third-order valence-corrected chi connectivity index (χ3v) is 4.08. The van der Waals surface area contributed by atoms with Gasteiger partial charge in [-0.3, -0.25) is 4.79 Å². The third-order valence-electron chi connectivity index (χ3n) is 4.08. The minimum atomic E-state index is 0.0428. The van der Waals surface area contributed by atoms with Crippen LogP contribution in [-0.4, -0.2) is 15.9 Å². The Morgan fingerprint density at radius 2 is 1.57 bits per heavy atom. The predicted octanol–water partition coefficient (Wildman–Crippen LogP) is 5.40. The van der Waals surface area contributed by atoms with Crippen LogP contribution in [0.3, 0.4) is 0 Å². The molecule has 6 heteroatoms. The van der Waals surface area contributed by atoms with Gasteiger partial charge in [0.2, 0.25) is 11.9 Å². The van der Waals surface area contributed by atoms with E-state index >= 15 is 0 Å². The van der Waals surface area contributed by atoms with E-state index < -0.39 is 0 Å². The summed E-state index contributed by atoms with van der Waals surface area (Å²) in [6.45, 7) is 4.00. The zero-order valence-electron chi connectivity index (χ0n) is 16.2. The van der Waals surface area contributed by atoms with Gasteiger partial charge >= 0.3 is 0 Å². The average molecular weight is 375 g/mol. The Labute approximate surface area is 165 Å². The number of nitrogens with one attached hydrogen (secondary N) is 3. The fraction of sp³-hybridized carbons (Fsp3) is 0.227. The summed E-state index contributed by atoms with van der Waals surface area (Å²) < 4.78 is 0. The lowest BCUT2D eigenvalue weighted by Gasteiger charge is -2.11. The Kier molecular flexibility index (Phi) is 6.57. The standard InChI is InChI=1S/C22H25N5O/c1-3-4-10-21(28)25-18-11-13-19(14-12-18)26-22-23-16(2)15-20(27-22)24-17-8-6-5-7-9-17/h5-9,11-15H,3-4,10H2,1-2H3,(H,25,28)(H2,23,24,26,27). The highest BCUT2D eigenvalue weighted by atomic mass is 16.1. The normalized spacial score (nSPS) is 10.4. The lowest BCUT2D eigenvalue weighted by atomic mass is 10.2. The van der Waals surface area contributed by atoms with E-state index in [1.807, 2.05) is 67.6 Å². The van der Waals surface area contributed by atoms with Crippen LogP contribution in [0.5, 0.6) is 0 Å². The molecule has 2 aromatic carbocycles. The lowest BCUT2D eigenvalue weighted by Crippen LogP contribution is -2.10. The lowest BCUT2D eigenvalue weighted by molar-refractivity contribution is -0.116. The summed E-state index contributed by atoms with van der Waals surface area (Å²) in [5.74, 6) is 1.28. The molecule has 0 saturated heterocycles. The van der Waals surface area contributed by atoms with Crippen LogP contribution in [-0.2, 0) is 4.79 Å². The number of aryl methyl sites for hydroxylation is 1. The summed E-state index contributed by atoms with van der Waals surface area (Å²) in [6.07, 6.45) is 2.45. The Balaban J connectivity index is 1.65. The van der Waals surface area contributed by atoms with Crippen molar-refractivity contribution in [1.82, 2.24) is 9.97 Å². The molecule has 28 heavy (non-hydrogen) atoms. The largest absolute Gasteiger partial charge is 0.340 e. The van der Waals surface area contributed by atoms with Gasteiger partial charge in [-0.15, -0.1) is 0 Å². The maximum Gasteiger partial charge on any atom is 0.229 e. The van der Waals surface area contributed by atoms with Crippen molar-refractivity contribution >= 4 is 34.7 Å². The molecule has 1 aromatic heterocycles. The van der Waals surface area contributed by atoms with Gasteiger partial charge in [0.05, 0.1) is 0 Å². The fourth-order valence-electron chi connectivity index (χ4n) is 2.68. The highest BCUT2D eigenvalue weighted by Crippen LogP contribution is 2.20. The fourth-order valence-corrected chi connectivity index (χ4v) is 2.68. The van der Waals surface area contributed by atoms with Gasteiger partial charge in [-0.2, -0.15) is 4.98 Å². The molecule has 0 bridgehead atoms. The van der Waals surface area contributed by atoms with Crippen LogP contribution in [0.2, 0.25) is 0 Å². The van der Waals surface area contributed by atoms with E-state index in [1.165, 1.54) is 0 Å². The van der Waals surface area contributed by atoms with Gasteiger partial charge < -0.3 is 16.0 Å². The van der Waals surface area contributed by atoms with E-state index in [0.717, 1.165) is 41.4 Å². The van der Waals surface area contributed by atoms with E-state index in [0.29, 0.717) is 12.4 Å². The van der Waals surface area contributed by atoms with Crippen molar-refractivity contribution in [3.8, 4) is 0 Å². The topological polar surface area (TPSA) is 78.9 Å². The van der Waals surface area contributed by atoms with Crippen molar-refractivity contribution in [3.63, 3.8) is 0 Å². The number of para-hydroxylation sites is 1. The predicted molar refractivity (Wildman–Crippen MR) is 114 cm³/mol. The molecule has 0 unspecified atom stereocenters. The molecule has 3 aromatic rings. The van der Waals surface area contributed by atoms with Crippen molar-refractivity contribution < 1.29 is 4.79 Å². The highest BCUT2D eigenvalue weighted by molar-refractivity contribution is 5.90. The second kappa shape index (κ2) is 9.50. The summed E-state index contributed by atoms with van der Waals surface area (Å²) in [6, 6.07) is 19.3. The Bertz CT molecular complexity index is 910. The molecule has 0 saturated carbocycles. The van der Waals surface area contributed by atoms with Gasteiger partial charge in [-0.25, -0.2) is 4.98 Å². The van der Waals surface area contributed by atoms with Gasteiger partial charge in [0.25, 0.3) is 0 Å². The third kappa shape index (κ3) is 5.81. The highest BCUT2D eigenvalue weighted by Gasteiger charge is 2.05. The minimum Gasteiger partial charge on any atom is -0.340 e. The number of anilines is 5. The number of rotatable bonds is 8. The molecule has 1 amide bonds. The summed E-state index contributed by atoms with van der Waals surface area (Å²) in [5, 5.41) is 9.40. The Hall–Kier alpha value is -3.41. The monoisotopic (exact) mass is 375 g/mol. The molecule has 0 radical (unpaired) electrons. The van der Waals surface area contributed by atoms with Crippen LogP contribution in [0.1, 0.15) is 31.9 Å². The number of carbonyl (C=O) groups excluding carboxylic acids is 1. The van der Waals surface area contributed by atoms with Crippen LogP contribution >= 0.6 is 0 Å². The molecule has 0 spiro atoms. The van der Waals surface area contributed by atoms with Gasteiger partial charge in [-0.1, -0.05) is 31.5 Å². The quantitative estimate of drug-likeness (QED) is 0.491. The molecule has 1 heterocycles. The van der Waals surface area contributed by atoms with E-state index in [-0.39, 0.29) is 5.91 Å². The molecule has 144 valence electrons. The second-order valence-corrected chi connectivity index (χ2v) is 6.56.